The van der Waals surface area contributed by atoms with Crippen LogP contribution in [0, 0.1) is 0 Å². The lowest BCUT2D eigenvalue weighted by atomic mass is 9.94. The van der Waals surface area contributed by atoms with Gasteiger partial charge in [-0.3, -0.25) is 4.79 Å². The Hall–Kier alpha value is -3.63. The molecule has 0 atom stereocenters. The third kappa shape index (κ3) is 4.85. The van der Waals surface area contributed by atoms with E-state index in [-0.39, 0.29) is 17.3 Å². The minimum Gasteiger partial charge on any atom is -0.508 e. The summed E-state index contributed by atoms with van der Waals surface area (Å²) in [7, 11) is 0. The zero-order valence-electron chi connectivity index (χ0n) is 16.6. The van der Waals surface area contributed by atoms with E-state index in [1.807, 2.05) is 42.5 Å². The zero-order valence-corrected chi connectivity index (χ0v) is 16.6. The van der Waals surface area contributed by atoms with Gasteiger partial charge in [-0.15, -0.1) is 0 Å². The van der Waals surface area contributed by atoms with Crippen molar-refractivity contribution in [3.05, 3.63) is 107 Å². The van der Waals surface area contributed by atoms with Crippen molar-refractivity contribution in [2.75, 3.05) is 13.1 Å². The fraction of sp³-hybridized carbons (Fsp3) is 0.115. The normalized spacial score (nSPS) is 19.3. The fourth-order valence-electron chi connectivity index (χ4n) is 3.84. The van der Waals surface area contributed by atoms with E-state index in [2.05, 4.69) is 12.1 Å². The molecular formula is C26H24NO3+. The van der Waals surface area contributed by atoms with Gasteiger partial charge in [0, 0.05) is 5.56 Å². The molecule has 0 unspecified atom stereocenters. The highest BCUT2D eigenvalue weighted by Crippen LogP contribution is 2.20. The van der Waals surface area contributed by atoms with Crippen LogP contribution in [-0.4, -0.2) is 29.1 Å². The standard InChI is InChI=1S/C26H23NO3/c28-24-10-4-8-20(14-24)12-22-17-27(16-19-6-2-1-3-7-19)18-23(26(22)30)13-21-9-5-11-25(29)15-21/h1-15,28-29H,16-18H2/p+1/b22-12+,23-13+. The third-order valence-electron chi connectivity index (χ3n) is 5.18. The maximum Gasteiger partial charge on any atom is 0.196 e. The van der Waals surface area contributed by atoms with Crippen LogP contribution < -0.4 is 4.90 Å². The first-order valence-corrected chi connectivity index (χ1v) is 9.98. The molecule has 0 radical (unpaired) electrons. The maximum atomic E-state index is 13.2. The van der Waals surface area contributed by atoms with E-state index in [4.69, 9.17) is 0 Å². The Morgan fingerprint density at radius 2 is 1.27 bits per heavy atom. The molecule has 1 fully saturated rings. The van der Waals surface area contributed by atoms with Gasteiger partial charge in [0.1, 0.15) is 31.1 Å². The van der Waals surface area contributed by atoms with Crippen LogP contribution in [0.2, 0.25) is 0 Å². The number of hydrogen-bond acceptors (Lipinski definition) is 3. The molecule has 0 aliphatic carbocycles. The number of carbonyl (C=O) groups is 1. The molecule has 0 saturated carbocycles. The van der Waals surface area contributed by atoms with Gasteiger partial charge in [0.05, 0.1) is 11.1 Å². The Kier molecular flexibility index (Phi) is 5.77. The molecule has 0 bridgehead atoms. The Bertz CT molecular complexity index is 1050. The third-order valence-corrected chi connectivity index (χ3v) is 5.18. The number of nitrogens with one attached hydrogen (secondary N) is 1. The molecule has 3 aromatic rings. The summed E-state index contributed by atoms with van der Waals surface area (Å²) in [5.74, 6) is 0.367. The molecule has 4 heteroatoms. The number of hydrogen-bond donors (Lipinski definition) is 3. The van der Waals surface area contributed by atoms with E-state index in [1.54, 1.807) is 36.4 Å². The highest BCUT2D eigenvalue weighted by atomic mass is 16.3. The molecule has 1 aliphatic rings. The molecule has 3 aromatic carbocycles. The summed E-state index contributed by atoms with van der Waals surface area (Å²) in [5.41, 5.74) is 4.25. The number of Topliss-reactive ketones (excluding diaryl/α,β-unsaturated/α-hetero) is 1. The molecule has 0 aromatic heterocycles. The van der Waals surface area contributed by atoms with Gasteiger partial charge in [-0.05, 0) is 47.5 Å². The monoisotopic (exact) mass is 398 g/mol. The number of phenolic OH excluding ortho intramolecular Hbond substituents is 2. The van der Waals surface area contributed by atoms with Crippen LogP contribution in [-0.2, 0) is 11.3 Å². The quantitative estimate of drug-likeness (QED) is 0.592. The summed E-state index contributed by atoms with van der Waals surface area (Å²) in [6, 6.07) is 24.1. The average molecular weight is 398 g/mol. The van der Waals surface area contributed by atoms with Gasteiger partial charge in [0.15, 0.2) is 5.78 Å². The van der Waals surface area contributed by atoms with Crippen molar-refractivity contribution < 1.29 is 19.9 Å². The van der Waals surface area contributed by atoms with Crippen LogP contribution in [0.4, 0.5) is 0 Å². The molecule has 1 heterocycles. The second-order valence-corrected chi connectivity index (χ2v) is 7.62. The van der Waals surface area contributed by atoms with Crippen LogP contribution in [0.3, 0.4) is 0 Å². The highest BCUT2D eigenvalue weighted by molar-refractivity contribution is 6.14. The topological polar surface area (TPSA) is 62.0 Å². The van der Waals surface area contributed by atoms with Crippen molar-refractivity contribution in [3.8, 4) is 11.5 Å². The van der Waals surface area contributed by atoms with Crippen molar-refractivity contribution in [2.45, 2.75) is 6.54 Å². The minimum absolute atomic E-state index is 0.0125. The smallest absolute Gasteiger partial charge is 0.196 e. The Labute approximate surface area is 176 Å². The van der Waals surface area contributed by atoms with Crippen LogP contribution in [0.5, 0.6) is 11.5 Å². The zero-order chi connectivity index (χ0) is 20.9. The molecule has 0 spiro atoms. The predicted molar refractivity (Wildman–Crippen MR) is 118 cm³/mol. The van der Waals surface area contributed by atoms with Crippen LogP contribution in [0.25, 0.3) is 12.2 Å². The number of carbonyl (C=O) groups excluding carboxylic acids is 1. The van der Waals surface area contributed by atoms with Gasteiger partial charge in [0.25, 0.3) is 0 Å². The summed E-state index contributed by atoms with van der Waals surface area (Å²) in [6.45, 7) is 2.03. The van der Waals surface area contributed by atoms with Crippen LogP contribution >= 0.6 is 0 Å². The number of rotatable bonds is 4. The molecule has 3 N–H and O–H groups in total. The summed E-state index contributed by atoms with van der Waals surface area (Å²) in [6.07, 6.45) is 3.73. The summed E-state index contributed by atoms with van der Waals surface area (Å²) >= 11 is 0. The molecule has 0 amide bonds. The van der Waals surface area contributed by atoms with E-state index < -0.39 is 0 Å². The number of piperidine rings is 1. The van der Waals surface area contributed by atoms with E-state index in [0.717, 1.165) is 17.7 Å². The number of aromatic hydroxyl groups is 2. The van der Waals surface area contributed by atoms with E-state index in [1.165, 1.54) is 10.5 Å². The van der Waals surface area contributed by atoms with Crippen LogP contribution in [0.1, 0.15) is 16.7 Å². The second kappa shape index (κ2) is 8.80. The van der Waals surface area contributed by atoms with Gasteiger partial charge < -0.3 is 15.1 Å². The Morgan fingerprint density at radius 3 is 1.77 bits per heavy atom. The van der Waals surface area contributed by atoms with Gasteiger partial charge in [0.2, 0.25) is 0 Å². The molecular weight excluding hydrogens is 374 g/mol. The number of benzene rings is 3. The van der Waals surface area contributed by atoms with Gasteiger partial charge >= 0.3 is 0 Å². The lowest BCUT2D eigenvalue weighted by molar-refractivity contribution is -0.904. The molecule has 150 valence electrons. The first-order valence-electron chi connectivity index (χ1n) is 9.98. The predicted octanol–water partition coefficient (Wildman–Crippen LogP) is 3.23. The molecule has 4 nitrogen and oxygen atoms in total. The first kappa shape index (κ1) is 19.7. The largest absolute Gasteiger partial charge is 0.508 e. The average Bonchev–Trinajstić information content (AvgIpc) is 2.72. The lowest BCUT2D eigenvalue weighted by Gasteiger charge is -2.27. The molecule has 1 aliphatic heterocycles. The fourth-order valence-corrected chi connectivity index (χ4v) is 3.84. The second-order valence-electron chi connectivity index (χ2n) is 7.62. The maximum absolute atomic E-state index is 13.2. The lowest BCUT2D eigenvalue weighted by Crippen LogP contribution is -3.12. The van der Waals surface area contributed by atoms with E-state index in [9.17, 15) is 15.0 Å². The SMILES string of the molecule is O=C1/C(=C/c2cccc(O)c2)C[NH+](Cc2ccccc2)C/C1=C\c1cccc(O)c1. The Balaban J connectivity index is 1.69. The Morgan fingerprint density at radius 1 is 0.733 bits per heavy atom. The van der Waals surface area contributed by atoms with E-state index in [0.29, 0.717) is 24.2 Å². The number of quaternary nitrogens is 1. The summed E-state index contributed by atoms with van der Waals surface area (Å²) in [4.78, 5) is 14.5. The summed E-state index contributed by atoms with van der Waals surface area (Å²) in [5, 5.41) is 19.5. The van der Waals surface area contributed by atoms with Gasteiger partial charge in [-0.1, -0.05) is 54.6 Å². The first-order chi connectivity index (χ1) is 14.6. The van der Waals surface area contributed by atoms with Crippen molar-refractivity contribution in [1.29, 1.82) is 0 Å². The van der Waals surface area contributed by atoms with Crippen molar-refractivity contribution in [1.82, 2.24) is 0 Å². The van der Waals surface area contributed by atoms with Gasteiger partial charge in [-0.2, -0.15) is 0 Å². The highest BCUT2D eigenvalue weighted by Gasteiger charge is 2.29. The number of phenols is 2. The minimum atomic E-state index is 0.0125. The molecule has 30 heavy (non-hydrogen) atoms. The van der Waals surface area contributed by atoms with Gasteiger partial charge in [-0.25, -0.2) is 0 Å². The van der Waals surface area contributed by atoms with Crippen LogP contribution in [0.15, 0.2) is 90.0 Å². The van der Waals surface area contributed by atoms with E-state index >= 15 is 0 Å². The van der Waals surface area contributed by atoms with Crippen molar-refractivity contribution in [2.24, 2.45) is 0 Å². The number of ketones is 1. The number of likely N-dealkylation sites (tertiary alicyclic amines) is 1. The summed E-state index contributed by atoms with van der Waals surface area (Å²) < 4.78 is 0. The molecule has 1 saturated heterocycles. The van der Waals surface area contributed by atoms with Crippen molar-refractivity contribution >= 4 is 17.9 Å². The van der Waals surface area contributed by atoms with Crippen molar-refractivity contribution in [3.63, 3.8) is 0 Å². The molecule has 4 rings (SSSR count).